The van der Waals surface area contributed by atoms with Crippen molar-refractivity contribution in [3.05, 3.63) is 24.0 Å². The number of anilines is 1. The predicted octanol–water partition coefficient (Wildman–Crippen LogP) is 1.51. The molecule has 66 valence electrons. The van der Waals surface area contributed by atoms with E-state index >= 15 is 0 Å². The fraction of sp³-hybridized carbons (Fsp3) is 0.250. The van der Waals surface area contributed by atoms with E-state index in [0.29, 0.717) is 12.3 Å². The second kappa shape index (κ2) is 3.92. The fourth-order valence-corrected chi connectivity index (χ4v) is 0.863. The lowest BCUT2D eigenvalue weighted by Crippen LogP contribution is -2.07. The van der Waals surface area contributed by atoms with Crippen molar-refractivity contribution < 1.29 is 9.13 Å². The highest BCUT2D eigenvalue weighted by molar-refractivity contribution is 5.46. The van der Waals surface area contributed by atoms with Crippen molar-refractivity contribution in [2.75, 3.05) is 12.0 Å². The molecular formula is C8H11FN2O. The van der Waals surface area contributed by atoms with Crippen LogP contribution in [-0.4, -0.2) is 6.61 Å². The summed E-state index contributed by atoms with van der Waals surface area (Å²) in [5, 5.41) is 0. The van der Waals surface area contributed by atoms with Crippen LogP contribution in [0.3, 0.4) is 0 Å². The summed E-state index contributed by atoms with van der Waals surface area (Å²) in [6.07, 6.45) is 0. The number of nitrogens with two attached hydrogens (primary N) is 1. The van der Waals surface area contributed by atoms with Gasteiger partial charge in [0.2, 0.25) is 0 Å². The Kier molecular flexibility index (Phi) is 2.88. The largest absolute Gasteiger partial charge is 0.491 e. The number of rotatable bonds is 3. The topological polar surface area (TPSA) is 47.3 Å². The van der Waals surface area contributed by atoms with Gasteiger partial charge < -0.3 is 10.2 Å². The van der Waals surface area contributed by atoms with E-state index in [9.17, 15) is 4.39 Å². The highest BCUT2D eigenvalue weighted by atomic mass is 19.1. The van der Waals surface area contributed by atoms with Crippen molar-refractivity contribution in [1.82, 2.24) is 0 Å². The molecule has 1 rings (SSSR count). The lowest BCUT2D eigenvalue weighted by molar-refractivity contribution is 0.321. The first-order chi connectivity index (χ1) is 5.77. The van der Waals surface area contributed by atoms with Crippen molar-refractivity contribution in [2.45, 2.75) is 6.92 Å². The molecule has 0 saturated carbocycles. The summed E-state index contributed by atoms with van der Waals surface area (Å²) in [4.78, 5) is 0. The minimum absolute atomic E-state index is 0.247. The molecule has 12 heavy (non-hydrogen) atoms. The van der Waals surface area contributed by atoms with Gasteiger partial charge in [-0.25, -0.2) is 4.39 Å². The maximum Gasteiger partial charge on any atom is 0.167 e. The van der Waals surface area contributed by atoms with Gasteiger partial charge in [0.15, 0.2) is 11.6 Å². The van der Waals surface area contributed by atoms with Gasteiger partial charge in [0, 0.05) is 6.07 Å². The third-order valence-corrected chi connectivity index (χ3v) is 1.40. The summed E-state index contributed by atoms with van der Waals surface area (Å²) >= 11 is 0. The Morgan fingerprint density at radius 2 is 2.33 bits per heavy atom. The first-order valence-corrected chi connectivity index (χ1v) is 3.67. The molecule has 0 bridgehead atoms. The van der Waals surface area contributed by atoms with Gasteiger partial charge in [0.05, 0.1) is 12.3 Å². The Morgan fingerprint density at radius 3 is 2.83 bits per heavy atom. The fourth-order valence-electron chi connectivity index (χ4n) is 0.863. The van der Waals surface area contributed by atoms with E-state index in [1.54, 1.807) is 13.0 Å². The maximum atomic E-state index is 13.0. The molecule has 1 aromatic carbocycles. The molecule has 0 aliphatic heterocycles. The normalized spacial score (nSPS) is 9.58. The highest BCUT2D eigenvalue weighted by Crippen LogP contribution is 2.20. The molecule has 0 spiro atoms. The third-order valence-electron chi connectivity index (χ3n) is 1.40. The van der Waals surface area contributed by atoms with Crippen molar-refractivity contribution in [1.29, 1.82) is 0 Å². The first-order valence-electron chi connectivity index (χ1n) is 3.67. The molecule has 0 fully saturated rings. The highest BCUT2D eigenvalue weighted by Gasteiger charge is 2.02. The molecule has 0 atom stereocenters. The second-order valence-corrected chi connectivity index (χ2v) is 2.22. The lowest BCUT2D eigenvalue weighted by Gasteiger charge is -2.05. The number of hydrogen-bond acceptors (Lipinski definition) is 3. The quantitative estimate of drug-likeness (QED) is 0.534. The minimum atomic E-state index is -0.410. The van der Waals surface area contributed by atoms with Gasteiger partial charge in [-0.05, 0) is 19.1 Å². The van der Waals surface area contributed by atoms with Crippen LogP contribution in [0.4, 0.5) is 10.1 Å². The average Bonchev–Trinajstić information content (AvgIpc) is 2.09. The maximum absolute atomic E-state index is 13.0. The molecule has 0 aliphatic carbocycles. The number of hydrogen-bond donors (Lipinski definition) is 2. The average molecular weight is 170 g/mol. The summed E-state index contributed by atoms with van der Waals surface area (Å²) in [6, 6.07) is 4.47. The molecular weight excluding hydrogens is 159 g/mol. The molecule has 0 radical (unpaired) electrons. The van der Waals surface area contributed by atoms with Gasteiger partial charge in [-0.1, -0.05) is 0 Å². The Balaban J connectivity index is 2.87. The Morgan fingerprint density at radius 1 is 1.58 bits per heavy atom. The van der Waals surface area contributed by atoms with Crippen LogP contribution in [-0.2, 0) is 0 Å². The summed E-state index contributed by atoms with van der Waals surface area (Å²) in [5.41, 5.74) is 2.87. The number of nitrogens with one attached hydrogen (secondary N) is 1. The number of halogens is 1. The van der Waals surface area contributed by atoms with Crippen molar-refractivity contribution in [3.63, 3.8) is 0 Å². The molecule has 3 nitrogen and oxygen atoms in total. The summed E-state index contributed by atoms with van der Waals surface area (Å²) < 4.78 is 18.0. The summed E-state index contributed by atoms with van der Waals surface area (Å²) in [7, 11) is 0. The van der Waals surface area contributed by atoms with Crippen LogP contribution >= 0.6 is 0 Å². The van der Waals surface area contributed by atoms with E-state index in [4.69, 9.17) is 10.6 Å². The molecule has 0 heterocycles. The van der Waals surface area contributed by atoms with E-state index < -0.39 is 5.82 Å². The zero-order valence-electron chi connectivity index (χ0n) is 6.80. The van der Waals surface area contributed by atoms with E-state index in [-0.39, 0.29) is 5.75 Å². The van der Waals surface area contributed by atoms with E-state index in [2.05, 4.69) is 5.43 Å². The first kappa shape index (κ1) is 8.80. The number of benzene rings is 1. The predicted molar refractivity (Wildman–Crippen MR) is 45.4 cm³/mol. The van der Waals surface area contributed by atoms with E-state index in [1.165, 1.54) is 12.1 Å². The van der Waals surface area contributed by atoms with Gasteiger partial charge in [-0.2, -0.15) is 0 Å². The summed E-state index contributed by atoms with van der Waals surface area (Å²) in [6.45, 7) is 2.25. The van der Waals surface area contributed by atoms with Crippen LogP contribution in [0.1, 0.15) is 6.92 Å². The Hall–Kier alpha value is -1.29. The van der Waals surface area contributed by atoms with E-state index in [0.717, 1.165) is 0 Å². The van der Waals surface area contributed by atoms with Gasteiger partial charge in [-0.15, -0.1) is 0 Å². The third kappa shape index (κ3) is 1.85. The van der Waals surface area contributed by atoms with Crippen LogP contribution < -0.4 is 16.0 Å². The number of nitrogen functional groups attached to an aromatic ring is 1. The van der Waals surface area contributed by atoms with Crippen LogP contribution in [0, 0.1) is 5.82 Å². The van der Waals surface area contributed by atoms with Crippen LogP contribution in [0.5, 0.6) is 5.75 Å². The second-order valence-electron chi connectivity index (χ2n) is 2.22. The van der Waals surface area contributed by atoms with Crippen molar-refractivity contribution in [3.8, 4) is 5.75 Å². The molecule has 3 N–H and O–H groups in total. The van der Waals surface area contributed by atoms with E-state index in [1.807, 2.05) is 0 Å². The zero-order chi connectivity index (χ0) is 8.97. The van der Waals surface area contributed by atoms with Gasteiger partial charge in [0.25, 0.3) is 0 Å². The molecule has 4 heteroatoms. The number of ether oxygens (including phenoxy) is 1. The molecule has 1 aromatic rings. The summed E-state index contributed by atoms with van der Waals surface area (Å²) in [5.74, 6) is 4.92. The van der Waals surface area contributed by atoms with Crippen molar-refractivity contribution in [2.24, 2.45) is 5.84 Å². The van der Waals surface area contributed by atoms with Gasteiger partial charge in [-0.3, -0.25) is 5.84 Å². The monoisotopic (exact) mass is 170 g/mol. The molecule has 0 aliphatic rings. The van der Waals surface area contributed by atoms with Crippen molar-refractivity contribution >= 4 is 5.69 Å². The Bertz CT molecular complexity index is 265. The standard InChI is InChI=1S/C8H11FN2O/c1-2-12-8-4-3-6(11-10)5-7(8)9/h3-5,11H,2,10H2,1H3. The number of hydrazine groups is 1. The zero-order valence-corrected chi connectivity index (χ0v) is 6.80. The SMILES string of the molecule is CCOc1ccc(NN)cc1F. The van der Waals surface area contributed by atoms with Gasteiger partial charge in [0.1, 0.15) is 0 Å². The molecule has 0 amide bonds. The minimum Gasteiger partial charge on any atom is -0.491 e. The lowest BCUT2D eigenvalue weighted by atomic mass is 10.3. The molecule has 0 saturated heterocycles. The molecule has 0 aromatic heterocycles. The Labute approximate surface area is 70.3 Å². The molecule has 0 unspecified atom stereocenters. The smallest absolute Gasteiger partial charge is 0.167 e. The van der Waals surface area contributed by atoms with Crippen LogP contribution in [0.15, 0.2) is 18.2 Å². The van der Waals surface area contributed by atoms with Crippen LogP contribution in [0.25, 0.3) is 0 Å². The van der Waals surface area contributed by atoms with Gasteiger partial charge >= 0.3 is 0 Å². The van der Waals surface area contributed by atoms with Crippen LogP contribution in [0.2, 0.25) is 0 Å².